The van der Waals surface area contributed by atoms with Crippen LogP contribution in [-0.2, 0) is 11.2 Å². The fourth-order valence-corrected chi connectivity index (χ4v) is 2.92. The molecule has 0 radical (unpaired) electrons. The first-order valence-corrected chi connectivity index (χ1v) is 7.89. The maximum Gasteiger partial charge on any atom is 0.227 e. The van der Waals surface area contributed by atoms with Crippen molar-refractivity contribution in [2.24, 2.45) is 0 Å². The molecule has 0 aromatic carbocycles. The SMILES string of the molecule is Cc1noc(C)c1CC(=O)N1CCN(c2ncccc2C#N)CC1. The molecule has 0 bridgehead atoms. The van der Waals surface area contributed by atoms with E-state index in [4.69, 9.17) is 4.52 Å². The lowest BCUT2D eigenvalue weighted by molar-refractivity contribution is -0.130. The van der Waals surface area contributed by atoms with Gasteiger partial charge in [-0.3, -0.25) is 4.79 Å². The number of nitrogens with zero attached hydrogens (tertiary/aromatic N) is 5. The first kappa shape index (κ1) is 16.0. The van der Waals surface area contributed by atoms with Crippen molar-refractivity contribution in [3.63, 3.8) is 0 Å². The first-order valence-electron chi connectivity index (χ1n) is 7.89. The lowest BCUT2D eigenvalue weighted by atomic mass is 10.1. The Morgan fingerprint density at radius 3 is 2.71 bits per heavy atom. The average Bonchev–Trinajstić information content (AvgIpc) is 2.93. The summed E-state index contributed by atoms with van der Waals surface area (Å²) in [5, 5.41) is 13.1. The molecule has 2 aromatic heterocycles. The topological polar surface area (TPSA) is 86.3 Å². The molecule has 3 rings (SSSR count). The zero-order chi connectivity index (χ0) is 17.1. The highest BCUT2D eigenvalue weighted by atomic mass is 16.5. The van der Waals surface area contributed by atoms with E-state index in [1.807, 2.05) is 18.7 Å². The fourth-order valence-electron chi connectivity index (χ4n) is 2.92. The maximum atomic E-state index is 12.5. The van der Waals surface area contributed by atoms with E-state index in [2.05, 4.69) is 21.1 Å². The molecule has 0 N–H and O–H groups in total. The molecule has 2 aromatic rings. The Balaban J connectivity index is 1.63. The van der Waals surface area contributed by atoms with Crippen LogP contribution in [0.4, 0.5) is 5.82 Å². The second-order valence-corrected chi connectivity index (χ2v) is 5.83. The molecule has 0 unspecified atom stereocenters. The van der Waals surface area contributed by atoms with Gasteiger partial charge in [0.25, 0.3) is 0 Å². The third kappa shape index (κ3) is 3.08. The van der Waals surface area contributed by atoms with E-state index >= 15 is 0 Å². The summed E-state index contributed by atoms with van der Waals surface area (Å²) in [4.78, 5) is 20.7. The van der Waals surface area contributed by atoms with Gasteiger partial charge in [-0.05, 0) is 26.0 Å². The summed E-state index contributed by atoms with van der Waals surface area (Å²) in [5.41, 5.74) is 2.21. The van der Waals surface area contributed by atoms with Crippen LogP contribution in [0.2, 0.25) is 0 Å². The molecule has 0 aliphatic carbocycles. The van der Waals surface area contributed by atoms with Gasteiger partial charge in [-0.2, -0.15) is 5.26 Å². The summed E-state index contributed by atoms with van der Waals surface area (Å²) in [5.74, 6) is 1.47. The number of hydrogen-bond acceptors (Lipinski definition) is 6. The highest BCUT2D eigenvalue weighted by Crippen LogP contribution is 2.19. The maximum absolute atomic E-state index is 12.5. The average molecular weight is 325 g/mol. The lowest BCUT2D eigenvalue weighted by Gasteiger charge is -2.35. The Bertz CT molecular complexity index is 765. The van der Waals surface area contributed by atoms with Gasteiger partial charge < -0.3 is 14.3 Å². The Morgan fingerprint density at radius 1 is 1.33 bits per heavy atom. The van der Waals surface area contributed by atoms with Crippen LogP contribution >= 0.6 is 0 Å². The van der Waals surface area contributed by atoms with Crippen LogP contribution in [0.25, 0.3) is 0 Å². The van der Waals surface area contributed by atoms with Crippen molar-refractivity contribution in [2.75, 3.05) is 31.1 Å². The molecule has 0 saturated carbocycles. The minimum Gasteiger partial charge on any atom is -0.361 e. The molecular weight excluding hydrogens is 306 g/mol. The summed E-state index contributed by atoms with van der Waals surface area (Å²) in [6.45, 7) is 6.23. The molecule has 3 heterocycles. The number of carbonyl (C=O) groups is 1. The van der Waals surface area contributed by atoms with E-state index in [0.717, 1.165) is 11.3 Å². The van der Waals surface area contributed by atoms with E-state index in [9.17, 15) is 10.1 Å². The fraction of sp³-hybridized carbons (Fsp3) is 0.412. The van der Waals surface area contributed by atoms with Crippen LogP contribution in [0, 0.1) is 25.2 Å². The van der Waals surface area contributed by atoms with Gasteiger partial charge in [0.15, 0.2) is 0 Å². The third-order valence-electron chi connectivity index (χ3n) is 4.35. The van der Waals surface area contributed by atoms with Gasteiger partial charge in [0.2, 0.25) is 5.91 Å². The number of nitriles is 1. The monoisotopic (exact) mass is 325 g/mol. The first-order chi connectivity index (χ1) is 11.6. The zero-order valence-corrected chi connectivity index (χ0v) is 13.8. The number of rotatable bonds is 3. The molecule has 1 saturated heterocycles. The van der Waals surface area contributed by atoms with Crippen LogP contribution in [-0.4, -0.2) is 47.1 Å². The molecule has 124 valence electrons. The molecule has 0 atom stereocenters. The molecule has 1 aliphatic rings. The van der Waals surface area contributed by atoms with E-state index < -0.39 is 0 Å². The molecular formula is C17H19N5O2. The van der Waals surface area contributed by atoms with Crippen LogP contribution in [0.1, 0.15) is 22.6 Å². The summed E-state index contributed by atoms with van der Waals surface area (Å²) >= 11 is 0. The number of aromatic nitrogens is 2. The highest BCUT2D eigenvalue weighted by Gasteiger charge is 2.24. The standard InChI is InChI=1S/C17H19N5O2/c1-12-15(13(2)24-20-12)10-16(23)21-6-8-22(9-7-21)17-14(11-18)4-3-5-19-17/h3-5H,6-10H2,1-2H3. The van der Waals surface area contributed by atoms with Gasteiger partial charge >= 0.3 is 0 Å². The molecule has 7 nitrogen and oxygen atoms in total. The number of aryl methyl sites for hydroxylation is 2. The number of anilines is 1. The van der Waals surface area contributed by atoms with Crippen molar-refractivity contribution in [1.82, 2.24) is 15.0 Å². The van der Waals surface area contributed by atoms with E-state index in [1.165, 1.54) is 0 Å². The van der Waals surface area contributed by atoms with Crippen molar-refractivity contribution >= 4 is 11.7 Å². The molecule has 0 spiro atoms. The number of carbonyl (C=O) groups excluding carboxylic acids is 1. The third-order valence-corrected chi connectivity index (χ3v) is 4.35. The van der Waals surface area contributed by atoms with E-state index in [1.54, 1.807) is 18.3 Å². The van der Waals surface area contributed by atoms with Gasteiger partial charge in [0.1, 0.15) is 17.6 Å². The van der Waals surface area contributed by atoms with Crippen molar-refractivity contribution in [3.05, 3.63) is 40.9 Å². The Morgan fingerprint density at radius 2 is 2.08 bits per heavy atom. The number of piperazine rings is 1. The highest BCUT2D eigenvalue weighted by molar-refractivity contribution is 5.79. The predicted octanol–water partition coefficient (Wildman–Crippen LogP) is 1.45. The summed E-state index contributed by atoms with van der Waals surface area (Å²) in [6, 6.07) is 5.68. The molecule has 1 fully saturated rings. The van der Waals surface area contributed by atoms with Gasteiger partial charge in [-0.15, -0.1) is 0 Å². The summed E-state index contributed by atoms with van der Waals surface area (Å²) < 4.78 is 5.12. The molecule has 24 heavy (non-hydrogen) atoms. The normalized spacial score (nSPS) is 14.5. The minimum atomic E-state index is 0.0746. The molecule has 7 heteroatoms. The van der Waals surface area contributed by atoms with Gasteiger partial charge in [-0.1, -0.05) is 5.16 Å². The van der Waals surface area contributed by atoms with Crippen molar-refractivity contribution in [3.8, 4) is 6.07 Å². The second-order valence-electron chi connectivity index (χ2n) is 5.83. The zero-order valence-electron chi connectivity index (χ0n) is 13.8. The smallest absolute Gasteiger partial charge is 0.227 e. The van der Waals surface area contributed by atoms with Crippen LogP contribution in [0.15, 0.2) is 22.9 Å². The molecule has 1 aliphatic heterocycles. The Hall–Kier alpha value is -2.88. The number of hydrogen-bond donors (Lipinski definition) is 0. The van der Waals surface area contributed by atoms with Crippen LogP contribution < -0.4 is 4.90 Å². The molecule has 1 amide bonds. The van der Waals surface area contributed by atoms with Gasteiger partial charge in [0, 0.05) is 37.9 Å². The van der Waals surface area contributed by atoms with E-state index in [-0.39, 0.29) is 5.91 Å². The number of pyridine rings is 1. The van der Waals surface area contributed by atoms with Crippen molar-refractivity contribution in [2.45, 2.75) is 20.3 Å². The van der Waals surface area contributed by atoms with E-state index in [0.29, 0.717) is 49.7 Å². The van der Waals surface area contributed by atoms with Crippen molar-refractivity contribution in [1.29, 1.82) is 5.26 Å². The summed E-state index contributed by atoms with van der Waals surface area (Å²) in [7, 11) is 0. The van der Waals surface area contributed by atoms with Crippen LogP contribution in [0.5, 0.6) is 0 Å². The minimum absolute atomic E-state index is 0.0746. The predicted molar refractivity (Wildman–Crippen MR) is 87.4 cm³/mol. The quantitative estimate of drug-likeness (QED) is 0.849. The van der Waals surface area contributed by atoms with Gasteiger partial charge in [-0.25, -0.2) is 4.98 Å². The number of amides is 1. The Kier molecular flexibility index (Phi) is 4.47. The van der Waals surface area contributed by atoms with Crippen LogP contribution in [0.3, 0.4) is 0 Å². The van der Waals surface area contributed by atoms with Crippen molar-refractivity contribution < 1.29 is 9.32 Å². The van der Waals surface area contributed by atoms with Gasteiger partial charge in [0.05, 0.1) is 17.7 Å². The summed E-state index contributed by atoms with van der Waals surface area (Å²) in [6.07, 6.45) is 2.00. The lowest BCUT2D eigenvalue weighted by Crippen LogP contribution is -2.49. The second kappa shape index (κ2) is 6.71. The largest absolute Gasteiger partial charge is 0.361 e. The Labute approximate surface area is 140 Å².